The van der Waals surface area contributed by atoms with Crippen LogP contribution in [-0.2, 0) is 0 Å². The zero-order valence-electron chi connectivity index (χ0n) is 12.4. The van der Waals surface area contributed by atoms with Gasteiger partial charge in [0.05, 0.1) is 17.7 Å². The van der Waals surface area contributed by atoms with Crippen molar-refractivity contribution >= 4 is 11.6 Å². The fourth-order valence-electron chi connectivity index (χ4n) is 2.40. The van der Waals surface area contributed by atoms with E-state index in [-0.39, 0.29) is 11.1 Å². The first-order chi connectivity index (χ1) is 10.1. The summed E-state index contributed by atoms with van der Waals surface area (Å²) in [5.41, 5.74) is 2.51. The molecule has 112 valence electrons. The van der Waals surface area contributed by atoms with Gasteiger partial charge < -0.3 is 10.1 Å². The number of hydrogen-bond donors (Lipinski definition) is 1. The molecule has 1 atom stereocenters. The Balaban J connectivity index is 2.55. The smallest absolute Gasteiger partial charge is 0.146 e. The van der Waals surface area contributed by atoms with E-state index in [9.17, 15) is 4.39 Å². The number of halogens is 2. The second kappa shape index (κ2) is 6.92. The molecule has 0 bridgehead atoms. The highest BCUT2D eigenvalue weighted by Gasteiger charge is 2.21. The number of nitrogens with one attached hydrogen (secondary N) is 1. The molecule has 1 N–H and O–H groups in total. The largest absolute Gasteiger partial charge is 0.494 e. The van der Waals surface area contributed by atoms with Crippen molar-refractivity contribution in [3.05, 3.63) is 63.9 Å². The maximum atomic E-state index is 14.3. The molecule has 2 nitrogen and oxygen atoms in total. The second-order valence-corrected chi connectivity index (χ2v) is 5.25. The van der Waals surface area contributed by atoms with E-state index in [0.29, 0.717) is 12.2 Å². The summed E-state index contributed by atoms with van der Waals surface area (Å²) < 4.78 is 20.0. The van der Waals surface area contributed by atoms with Crippen LogP contribution in [0, 0.1) is 12.7 Å². The third kappa shape index (κ3) is 3.36. The van der Waals surface area contributed by atoms with Crippen molar-refractivity contribution in [1.82, 2.24) is 5.32 Å². The Morgan fingerprint density at radius 1 is 1.24 bits per heavy atom. The van der Waals surface area contributed by atoms with Crippen molar-refractivity contribution in [2.75, 3.05) is 13.7 Å². The lowest BCUT2D eigenvalue weighted by Gasteiger charge is -2.22. The van der Waals surface area contributed by atoms with Crippen LogP contribution in [0.25, 0.3) is 0 Å². The van der Waals surface area contributed by atoms with Crippen molar-refractivity contribution in [3.8, 4) is 5.75 Å². The zero-order chi connectivity index (χ0) is 15.4. The summed E-state index contributed by atoms with van der Waals surface area (Å²) in [5.74, 6) is 0.351. The lowest BCUT2D eigenvalue weighted by Crippen LogP contribution is -2.20. The van der Waals surface area contributed by atoms with Crippen molar-refractivity contribution in [2.24, 2.45) is 0 Å². The highest BCUT2D eigenvalue weighted by molar-refractivity contribution is 6.30. The summed E-state index contributed by atoms with van der Waals surface area (Å²) in [6.07, 6.45) is 0. The molecule has 0 radical (unpaired) electrons. The van der Waals surface area contributed by atoms with E-state index in [2.05, 4.69) is 5.32 Å². The molecule has 0 aromatic heterocycles. The standard InChI is InChI=1S/C17H19ClFNO/c1-4-21-15-9-8-11(2)10-13(15)17(20-3)12-6-5-7-14(18)16(12)19/h5-10,17,20H,4H2,1-3H3. The Bertz CT molecular complexity index is 630. The molecule has 0 heterocycles. The Labute approximate surface area is 129 Å². The number of benzene rings is 2. The lowest BCUT2D eigenvalue weighted by atomic mass is 9.96. The molecule has 2 aromatic carbocycles. The highest BCUT2D eigenvalue weighted by atomic mass is 35.5. The Hall–Kier alpha value is -1.58. The monoisotopic (exact) mass is 307 g/mol. The molecule has 21 heavy (non-hydrogen) atoms. The molecule has 2 aromatic rings. The molecule has 0 aliphatic rings. The molecular formula is C17H19ClFNO. The summed E-state index contributed by atoms with van der Waals surface area (Å²) in [6.45, 7) is 4.49. The first-order valence-corrected chi connectivity index (χ1v) is 7.30. The van der Waals surface area contributed by atoms with Gasteiger partial charge in [-0.05, 0) is 33.0 Å². The normalized spacial score (nSPS) is 12.2. The molecule has 0 spiro atoms. The first kappa shape index (κ1) is 15.8. The first-order valence-electron chi connectivity index (χ1n) is 6.93. The summed E-state index contributed by atoms with van der Waals surface area (Å²) in [4.78, 5) is 0. The lowest BCUT2D eigenvalue weighted by molar-refractivity contribution is 0.333. The molecule has 4 heteroatoms. The van der Waals surface area contributed by atoms with Crippen LogP contribution >= 0.6 is 11.6 Å². The number of aryl methyl sites for hydroxylation is 1. The van der Waals surface area contributed by atoms with Crippen molar-refractivity contribution in [1.29, 1.82) is 0 Å². The molecule has 0 aliphatic heterocycles. The van der Waals surface area contributed by atoms with Gasteiger partial charge in [-0.25, -0.2) is 4.39 Å². The zero-order valence-corrected chi connectivity index (χ0v) is 13.2. The van der Waals surface area contributed by atoms with E-state index < -0.39 is 5.82 Å². The van der Waals surface area contributed by atoms with Gasteiger partial charge in [0, 0.05) is 11.1 Å². The van der Waals surface area contributed by atoms with Gasteiger partial charge >= 0.3 is 0 Å². The van der Waals surface area contributed by atoms with Crippen LogP contribution in [0.2, 0.25) is 5.02 Å². The van der Waals surface area contributed by atoms with Gasteiger partial charge in [0.1, 0.15) is 11.6 Å². The number of rotatable bonds is 5. The van der Waals surface area contributed by atoms with Gasteiger partial charge in [-0.3, -0.25) is 0 Å². The van der Waals surface area contributed by atoms with E-state index in [1.807, 2.05) is 32.0 Å². The van der Waals surface area contributed by atoms with Crippen LogP contribution in [0.3, 0.4) is 0 Å². The van der Waals surface area contributed by atoms with Gasteiger partial charge in [0.25, 0.3) is 0 Å². The Kier molecular flexibility index (Phi) is 5.21. The molecule has 0 saturated heterocycles. The van der Waals surface area contributed by atoms with Crippen LogP contribution in [0.4, 0.5) is 4.39 Å². The van der Waals surface area contributed by atoms with Crippen LogP contribution in [-0.4, -0.2) is 13.7 Å². The third-order valence-corrected chi connectivity index (χ3v) is 3.65. The highest BCUT2D eigenvalue weighted by Crippen LogP contribution is 2.33. The van der Waals surface area contributed by atoms with Gasteiger partial charge in [-0.15, -0.1) is 0 Å². The van der Waals surface area contributed by atoms with Crippen molar-refractivity contribution < 1.29 is 9.13 Å². The summed E-state index contributed by atoms with van der Waals surface area (Å²) in [5, 5.41) is 3.27. The van der Waals surface area contributed by atoms with E-state index >= 15 is 0 Å². The predicted octanol–water partition coefficient (Wildman–Crippen LogP) is 4.50. The number of hydrogen-bond acceptors (Lipinski definition) is 2. The minimum absolute atomic E-state index is 0.123. The number of ether oxygens (including phenoxy) is 1. The van der Waals surface area contributed by atoms with E-state index in [1.54, 1.807) is 25.2 Å². The van der Waals surface area contributed by atoms with E-state index in [1.165, 1.54) is 0 Å². The molecule has 1 unspecified atom stereocenters. The average molecular weight is 308 g/mol. The SMILES string of the molecule is CCOc1ccc(C)cc1C(NC)c1cccc(Cl)c1F. The maximum Gasteiger partial charge on any atom is 0.146 e. The molecule has 0 aliphatic carbocycles. The summed E-state index contributed by atoms with van der Waals surface area (Å²) >= 11 is 5.90. The van der Waals surface area contributed by atoms with Crippen LogP contribution in [0.15, 0.2) is 36.4 Å². The second-order valence-electron chi connectivity index (χ2n) is 4.84. The van der Waals surface area contributed by atoms with Crippen LogP contribution in [0.1, 0.15) is 29.7 Å². The Morgan fingerprint density at radius 3 is 2.67 bits per heavy atom. The fourth-order valence-corrected chi connectivity index (χ4v) is 2.58. The van der Waals surface area contributed by atoms with Gasteiger partial charge in [0.15, 0.2) is 0 Å². The van der Waals surface area contributed by atoms with Gasteiger partial charge in [-0.1, -0.05) is 41.4 Å². The minimum Gasteiger partial charge on any atom is -0.494 e. The average Bonchev–Trinajstić information content (AvgIpc) is 2.47. The molecule has 0 amide bonds. The van der Waals surface area contributed by atoms with Crippen LogP contribution in [0.5, 0.6) is 5.75 Å². The van der Waals surface area contributed by atoms with Crippen LogP contribution < -0.4 is 10.1 Å². The third-order valence-electron chi connectivity index (χ3n) is 3.36. The molecule has 0 saturated carbocycles. The predicted molar refractivity (Wildman–Crippen MR) is 84.7 cm³/mol. The minimum atomic E-state index is -0.400. The summed E-state index contributed by atoms with van der Waals surface area (Å²) in [6, 6.07) is 10.6. The quantitative estimate of drug-likeness (QED) is 0.878. The molecule has 0 fully saturated rings. The topological polar surface area (TPSA) is 21.3 Å². The van der Waals surface area contributed by atoms with Gasteiger partial charge in [0.2, 0.25) is 0 Å². The van der Waals surface area contributed by atoms with E-state index in [4.69, 9.17) is 16.3 Å². The van der Waals surface area contributed by atoms with Crippen molar-refractivity contribution in [2.45, 2.75) is 19.9 Å². The molecular weight excluding hydrogens is 289 g/mol. The summed E-state index contributed by atoms with van der Waals surface area (Å²) in [7, 11) is 1.79. The van der Waals surface area contributed by atoms with Gasteiger partial charge in [-0.2, -0.15) is 0 Å². The maximum absolute atomic E-state index is 14.3. The van der Waals surface area contributed by atoms with E-state index in [0.717, 1.165) is 16.9 Å². The Morgan fingerprint density at radius 2 is 2.00 bits per heavy atom. The fraction of sp³-hybridized carbons (Fsp3) is 0.294. The molecule has 2 rings (SSSR count). The van der Waals surface area contributed by atoms with Crippen molar-refractivity contribution in [3.63, 3.8) is 0 Å².